The lowest BCUT2D eigenvalue weighted by Crippen LogP contribution is -2.28. The van der Waals surface area contributed by atoms with Crippen LogP contribution in [0.15, 0.2) is 24.3 Å². The van der Waals surface area contributed by atoms with Crippen molar-refractivity contribution in [3.63, 3.8) is 0 Å². The summed E-state index contributed by atoms with van der Waals surface area (Å²) in [5.41, 5.74) is 1.26. The second-order valence-electron chi connectivity index (χ2n) is 4.50. The maximum absolute atomic E-state index is 11.0. The highest BCUT2D eigenvalue weighted by Crippen LogP contribution is 2.10. The number of hydrogen-bond acceptors (Lipinski definition) is 3. The fraction of sp³-hybridized carbons (Fsp3) is 0.462. The van der Waals surface area contributed by atoms with Crippen LogP contribution in [0, 0.1) is 0 Å². The van der Waals surface area contributed by atoms with Crippen molar-refractivity contribution in [2.45, 2.75) is 6.54 Å². The second-order valence-corrected chi connectivity index (χ2v) is 4.50. The van der Waals surface area contributed by atoms with Gasteiger partial charge in [0, 0.05) is 19.6 Å². The summed E-state index contributed by atoms with van der Waals surface area (Å²) in [5, 5.41) is 9.07. The molecule has 1 rings (SSSR count). The minimum atomic E-state index is -0.860. The third kappa shape index (κ3) is 4.54. The Bertz CT molecular complexity index is 377. The summed E-state index contributed by atoms with van der Waals surface area (Å²) in [5.74, 6) is -0.860. The molecule has 0 saturated heterocycles. The number of carboxylic acid groups (broad SMARTS) is 1. The van der Waals surface area contributed by atoms with E-state index < -0.39 is 5.97 Å². The van der Waals surface area contributed by atoms with E-state index in [-0.39, 0.29) is 0 Å². The summed E-state index contributed by atoms with van der Waals surface area (Å²) in [4.78, 5) is 15.3. The monoisotopic (exact) mass is 236 g/mol. The number of nitrogens with zero attached hydrogens (tertiary/aromatic N) is 2. The van der Waals surface area contributed by atoms with Crippen molar-refractivity contribution < 1.29 is 9.90 Å². The second kappa shape index (κ2) is 6.37. The van der Waals surface area contributed by atoms with Crippen LogP contribution in [-0.4, -0.2) is 55.1 Å². The van der Waals surface area contributed by atoms with Gasteiger partial charge in [0.1, 0.15) is 0 Å². The van der Waals surface area contributed by atoms with Crippen LogP contribution in [-0.2, 0) is 6.54 Å². The molecule has 0 radical (unpaired) electrons. The molecule has 4 heteroatoms. The molecule has 94 valence electrons. The van der Waals surface area contributed by atoms with Gasteiger partial charge in [0.05, 0.1) is 5.56 Å². The summed E-state index contributed by atoms with van der Waals surface area (Å²) in [6, 6.07) is 7.15. The molecule has 1 aromatic carbocycles. The number of carboxylic acids is 1. The minimum Gasteiger partial charge on any atom is -0.478 e. The van der Waals surface area contributed by atoms with E-state index >= 15 is 0 Å². The molecule has 0 bridgehead atoms. The van der Waals surface area contributed by atoms with Gasteiger partial charge in [-0.15, -0.1) is 0 Å². The molecular weight excluding hydrogens is 216 g/mol. The predicted molar refractivity (Wildman–Crippen MR) is 68.3 cm³/mol. The number of hydrogen-bond donors (Lipinski definition) is 1. The Balaban J connectivity index is 2.64. The van der Waals surface area contributed by atoms with Crippen LogP contribution in [0.5, 0.6) is 0 Å². The summed E-state index contributed by atoms with van der Waals surface area (Å²) >= 11 is 0. The molecule has 1 N–H and O–H groups in total. The van der Waals surface area contributed by atoms with Crippen LogP contribution >= 0.6 is 0 Å². The number of rotatable bonds is 6. The minimum absolute atomic E-state index is 0.393. The normalized spacial score (nSPS) is 11.1. The highest BCUT2D eigenvalue weighted by molar-refractivity contribution is 5.89. The van der Waals surface area contributed by atoms with Gasteiger partial charge in [-0.1, -0.05) is 18.2 Å². The number of likely N-dealkylation sites (N-methyl/N-ethyl adjacent to an activating group) is 2. The van der Waals surface area contributed by atoms with Gasteiger partial charge in [-0.25, -0.2) is 4.79 Å². The zero-order chi connectivity index (χ0) is 12.8. The van der Waals surface area contributed by atoms with Crippen LogP contribution in [0.4, 0.5) is 0 Å². The summed E-state index contributed by atoms with van der Waals surface area (Å²) in [6.07, 6.45) is 0. The van der Waals surface area contributed by atoms with Crippen molar-refractivity contribution in [2.24, 2.45) is 0 Å². The van der Waals surface area contributed by atoms with Gasteiger partial charge in [-0.05, 0) is 32.8 Å². The van der Waals surface area contributed by atoms with E-state index in [1.54, 1.807) is 12.1 Å². The summed E-state index contributed by atoms with van der Waals surface area (Å²) in [7, 11) is 6.06. The molecule has 17 heavy (non-hydrogen) atoms. The van der Waals surface area contributed by atoms with Gasteiger partial charge >= 0.3 is 5.97 Å². The van der Waals surface area contributed by atoms with Gasteiger partial charge in [0.15, 0.2) is 0 Å². The number of carbonyl (C=O) groups is 1. The van der Waals surface area contributed by atoms with Gasteiger partial charge in [0.2, 0.25) is 0 Å². The average molecular weight is 236 g/mol. The molecule has 0 spiro atoms. The lowest BCUT2D eigenvalue weighted by atomic mass is 10.1. The molecule has 0 aliphatic rings. The van der Waals surface area contributed by atoms with Crippen molar-refractivity contribution in [1.29, 1.82) is 0 Å². The molecule has 4 nitrogen and oxygen atoms in total. The topological polar surface area (TPSA) is 43.8 Å². The van der Waals surface area contributed by atoms with E-state index in [1.165, 1.54) is 0 Å². The largest absolute Gasteiger partial charge is 0.478 e. The van der Waals surface area contributed by atoms with Crippen LogP contribution in [0.2, 0.25) is 0 Å². The molecule has 0 unspecified atom stereocenters. The Labute approximate surface area is 102 Å². The molecule has 0 amide bonds. The van der Waals surface area contributed by atoms with Gasteiger partial charge < -0.3 is 14.9 Å². The van der Waals surface area contributed by atoms with Crippen molar-refractivity contribution in [1.82, 2.24) is 9.80 Å². The quantitative estimate of drug-likeness (QED) is 0.810. The lowest BCUT2D eigenvalue weighted by molar-refractivity contribution is 0.0694. The van der Waals surface area contributed by atoms with E-state index in [4.69, 9.17) is 5.11 Å². The van der Waals surface area contributed by atoms with Crippen LogP contribution in [0.3, 0.4) is 0 Å². The number of benzene rings is 1. The fourth-order valence-electron chi connectivity index (χ4n) is 1.61. The molecule has 0 fully saturated rings. The van der Waals surface area contributed by atoms with Crippen LogP contribution in [0.25, 0.3) is 0 Å². The first-order chi connectivity index (χ1) is 8.00. The standard InChI is InChI=1S/C13H20N2O2/c1-14(2)8-9-15(3)10-11-6-4-5-7-12(11)13(16)17/h4-7H,8-10H2,1-3H3,(H,16,17). The Morgan fingerprint density at radius 2 is 1.82 bits per heavy atom. The van der Waals surface area contributed by atoms with E-state index in [0.29, 0.717) is 12.1 Å². The van der Waals surface area contributed by atoms with Gasteiger partial charge in [-0.3, -0.25) is 0 Å². The van der Waals surface area contributed by atoms with Crippen molar-refractivity contribution in [3.05, 3.63) is 35.4 Å². The summed E-state index contributed by atoms with van der Waals surface area (Å²) < 4.78 is 0. The maximum atomic E-state index is 11.0. The molecule has 0 saturated carbocycles. The zero-order valence-corrected chi connectivity index (χ0v) is 10.7. The molecule has 0 aliphatic heterocycles. The molecule has 0 atom stereocenters. The predicted octanol–water partition coefficient (Wildman–Crippen LogP) is 1.38. The highest BCUT2D eigenvalue weighted by Gasteiger charge is 2.10. The third-order valence-corrected chi connectivity index (χ3v) is 2.62. The first-order valence-electron chi connectivity index (χ1n) is 5.65. The van der Waals surface area contributed by atoms with E-state index in [2.05, 4.69) is 9.80 Å². The first-order valence-corrected chi connectivity index (χ1v) is 5.65. The Morgan fingerprint density at radius 3 is 2.41 bits per heavy atom. The highest BCUT2D eigenvalue weighted by atomic mass is 16.4. The van der Waals surface area contributed by atoms with Gasteiger partial charge in [-0.2, -0.15) is 0 Å². The Hall–Kier alpha value is -1.39. The number of aromatic carboxylic acids is 1. The molecular formula is C13H20N2O2. The lowest BCUT2D eigenvalue weighted by Gasteiger charge is -2.20. The third-order valence-electron chi connectivity index (χ3n) is 2.62. The van der Waals surface area contributed by atoms with Crippen LogP contribution < -0.4 is 0 Å². The van der Waals surface area contributed by atoms with Crippen molar-refractivity contribution in [3.8, 4) is 0 Å². The smallest absolute Gasteiger partial charge is 0.336 e. The molecule has 0 aliphatic carbocycles. The van der Waals surface area contributed by atoms with Crippen LogP contribution in [0.1, 0.15) is 15.9 Å². The Kier molecular flexibility index (Phi) is 5.12. The average Bonchev–Trinajstić information content (AvgIpc) is 2.27. The maximum Gasteiger partial charge on any atom is 0.336 e. The first kappa shape index (κ1) is 13.7. The molecule has 1 aromatic rings. The Morgan fingerprint density at radius 1 is 1.18 bits per heavy atom. The van der Waals surface area contributed by atoms with E-state index in [9.17, 15) is 4.79 Å². The van der Waals surface area contributed by atoms with Gasteiger partial charge in [0.25, 0.3) is 0 Å². The van der Waals surface area contributed by atoms with E-state index in [0.717, 1.165) is 18.7 Å². The van der Waals surface area contributed by atoms with E-state index in [1.807, 2.05) is 33.3 Å². The SMILES string of the molecule is CN(C)CCN(C)Cc1ccccc1C(=O)O. The van der Waals surface area contributed by atoms with Crippen molar-refractivity contribution in [2.75, 3.05) is 34.2 Å². The fourth-order valence-corrected chi connectivity index (χ4v) is 1.61. The van der Waals surface area contributed by atoms with Crippen molar-refractivity contribution >= 4 is 5.97 Å². The molecule has 0 heterocycles. The summed E-state index contributed by atoms with van der Waals surface area (Å²) in [6.45, 7) is 2.54. The molecule has 0 aromatic heterocycles. The zero-order valence-electron chi connectivity index (χ0n) is 10.7.